The summed E-state index contributed by atoms with van der Waals surface area (Å²) in [4.78, 5) is 55.4. The van der Waals surface area contributed by atoms with Crippen molar-refractivity contribution in [3.8, 4) is 0 Å². The lowest BCUT2D eigenvalue weighted by Gasteiger charge is -2.70. The zero-order valence-corrected chi connectivity index (χ0v) is 43.6. The van der Waals surface area contributed by atoms with E-state index in [1.807, 2.05) is 19.9 Å². The van der Waals surface area contributed by atoms with Crippen LogP contribution in [0.25, 0.3) is 0 Å². The fourth-order valence-corrected chi connectivity index (χ4v) is 14.6. The van der Waals surface area contributed by atoms with Gasteiger partial charge in [-0.3, -0.25) is 9.59 Å². The number of rotatable bonds is 16. The highest BCUT2D eigenvalue weighted by Crippen LogP contribution is 2.75. The van der Waals surface area contributed by atoms with Crippen LogP contribution in [0.2, 0.25) is 0 Å². The second-order valence-electron chi connectivity index (χ2n) is 24.2. The second-order valence-corrected chi connectivity index (χ2v) is 24.2. The predicted octanol–water partition coefficient (Wildman–Crippen LogP) is 6.02. The maximum atomic E-state index is 15.2. The minimum Gasteiger partial charge on any atom is -0.465 e. The van der Waals surface area contributed by atoms with Crippen molar-refractivity contribution in [3.05, 3.63) is 11.6 Å². The average Bonchev–Trinajstić information content (AvgIpc) is 3.30. The van der Waals surface area contributed by atoms with E-state index in [0.717, 1.165) is 64.2 Å². The van der Waals surface area contributed by atoms with Gasteiger partial charge in [0, 0.05) is 5.92 Å². The zero-order chi connectivity index (χ0) is 51.4. The molecular formula is C54H86O16. The van der Waals surface area contributed by atoms with Crippen molar-refractivity contribution in [2.75, 3.05) is 19.8 Å². The summed E-state index contributed by atoms with van der Waals surface area (Å²) in [6.07, 6.45) is -5.48. The van der Waals surface area contributed by atoms with Crippen LogP contribution in [-0.4, -0.2) is 137 Å². The molecule has 16 heteroatoms. The van der Waals surface area contributed by atoms with E-state index in [9.17, 15) is 39.9 Å². The maximum absolute atomic E-state index is 15.2. The molecule has 5 N–H and O–H groups in total. The third kappa shape index (κ3) is 9.58. The van der Waals surface area contributed by atoms with E-state index in [1.54, 1.807) is 0 Å². The Hall–Kier alpha value is -2.54. The van der Waals surface area contributed by atoms with E-state index in [2.05, 4.69) is 55.4 Å². The average molecular weight is 991 g/mol. The molecule has 2 heterocycles. The number of hydrogen-bond donors (Lipinski definition) is 5. The SMILES string of the molecule is CCCCOC(=O)[C@@H]1O[C@H](O[C@@H]2[C@H](O[C@@H]3CC[C@@]4(C)[C@H](CC[C@]5(C)[C@H]4C(=O)C=C4[C@@H]6C[C@@](C)(C(=O)OCCCC)CC[C@]6(C)CC[C@]45C)C3(C)C)O[C@@H](C(=O)OCCCC)[C@H](O)[C@@H]2O)[C@@H](O)[C@H](O)[C@H]1O. The molecule has 0 unspecified atom stereocenters. The highest BCUT2D eigenvalue weighted by Gasteiger charge is 2.71. The predicted molar refractivity (Wildman–Crippen MR) is 254 cm³/mol. The highest BCUT2D eigenvalue weighted by atomic mass is 16.8. The number of aliphatic hydroxyl groups excluding tert-OH is 5. The van der Waals surface area contributed by atoms with Crippen LogP contribution >= 0.6 is 0 Å². The number of ketones is 1. The molecule has 70 heavy (non-hydrogen) atoms. The molecule has 0 radical (unpaired) electrons. The van der Waals surface area contributed by atoms with Gasteiger partial charge in [0.2, 0.25) is 0 Å². The number of carbonyl (C=O) groups excluding carboxylic acids is 4. The Morgan fingerprint density at radius 3 is 1.80 bits per heavy atom. The molecule has 398 valence electrons. The molecular weight excluding hydrogens is 905 g/mol. The molecule has 6 fully saturated rings. The van der Waals surface area contributed by atoms with Gasteiger partial charge in [0.05, 0.1) is 31.3 Å². The number of unbranched alkanes of at least 4 members (excludes halogenated alkanes) is 3. The molecule has 0 spiro atoms. The van der Waals surface area contributed by atoms with Crippen LogP contribution in [0, 0.1) is 50.2 Å². The van der Waals surface area contributed by atoms with E-state index in [1.165, 1.54) is 5.57 Å². The summed E-state index contributed by atoms with van der Waals surface area (Å²) >= 11 is 0. The van der Waals surface area contributed by atoms with Crippen LogP contribution < -0.4 is 0 Å². The van der Waals surface area contributed by atoms with Gasteiger partial charge in [-0.15, -0.1) is 0 Å². The van der Waals surface area contributed by atoms with Gasteiger partial charge in [-0.05, 0) is 129 Å². The van der Waals surface area contributed by atoms with E-state index < -0.39 is 95.7 Å². The van der Waals surface area contributed by atoms with Crippen LogP contribution in [0.15, 0.2) is 11.6 Å². The van der Waals surface area contributed by atoms with Crippen LogP contribution in [0.4, 0.5) is 0 Å². The first-order valence-electron chi connectivity index (χ1n) is 26.7. The van der Waals surface area contributed by atoms with E-state index in [4.69, 9.17) is 33.2 Å². The van der Waals surface area contributed by atoms with Crippen molar-refractivity contribution in [1.29, 1.82) is 0 Å². The quantitative estimate of drug-likeness (QED) is 0.0515. The summed E-state index contributed by atoms with van der Waals surface area (Å²) in [6.45, 7) is 22.0. The van der Waals surface area contributed by atoms with Gasteiger partial charge in [0.1, 0.15) is 36.6 Å². The van der Waals surface area contributed by atoms with Gasteiger partial charge < -0.3 is 58.7 Å². The van der Waals surface area contributed by atoms with Crippen LogP contribution in [0.3, 0.4) is 0 Å². The highest BCUT2D eigenvalue weighted by molar-refractivity contribution is 5.95. The van der Waals surface area contributed by atoms with Gasteiger partial charge >= 0.3 is 17.9 Å². The topological polar surface area (TPSA) is 234 Å². The number of carbonyl (C=O) groups is 4. The minimum absolute atomic E-state index is 0.0275. The number of fused-ring (bicyclic) bond motifs is 7. The van der Waals surface area contributed by atoms with Gasteiger partial charge in [0.25, 0.3) is 0 Å². The Morgan fingerprint density at radius 1 is 0.643 bits per heavy atom. The van der Waals surface area contributed by atoms with Crippen molar-refractivity contribution >= 4 is 23.7 Å². The lowest BCUT2D eigenvalue weighted by Crippen LogP contribution is -2.68. The van der Waals surface area contributed by atoms with Gasteiger partial charge in [-0.2, -0.15) is 0 Å². The molecule has 0 aromatic heterocycles. The molecule has 2 aliphatic heterocycles. The van der Waals surface area contributed by atoms with Crippen molar-refractivity contribution in [1.82, 2.24) is 0 Å². The number of allylic oxidation sites excluding steroid dienone is 2. The molecule has 0 amide bonds. The van der Waals surface area contributed by atoms with E-state index in [0.29, 0.717) is 38.7 Å². The molecule has 4 saturated carbocycles. The van der Waals surface area contributed by atoms with Crippen LogP contribution in [0.5, 0.6) is 0 Å². The van der Waals surface area contributed by atoms with E-state index in [-0.39, 0.29) is 59.0 Å². The molecule has 7 rings (SSSR count). The molecule has 0 bridgehead atoms. The summed E-state index contributed by atoms with van der Waals surface area (Å²) < 4.78 is 41.5. The first-order valence-corrected chi connectivity index (χ1v) is 26.7. The number of hydrogen-bond acceptors (Lipinski definition) is 16. The molecule has 7 aliphatic rings. The normalized spacial score (nSPS) is 45.5. The zero-order valence-electron chi connectivity index (χ0n) is 43.6. The molecule has 2 saturated heterocycles. The molecule has 0 aromatic carbocycles. The number of aliphatic hydroxyl groups is 5. The Balaban J connectivity index is 1.16. The summed E-state index contributed by atoms with van der Waals surface area (Å²) in [5.74, 6) is -2.18. The lowest BCUT2D eigenvalue weighted by molar-refractivity contribution is -0.371. The van der Waals surface area contributed by atoms with E-state index >= 15 is 4.79 Å². The largest absolute Gasteiger partial charge is 0.465 e. The van der Waals surface area contributed by atoms with Crippen LogP contribution in [0.1, 0.15) is 166 Å². The Bertz CT molecular complexity index is 1940. The summed E-state index contributed by atoms with van der Waals surface area (Å²) in [6, 6.07) is 0. The summed E-state index contributed by atoms with van der Waals surface area (Å²) in [7, 11) is 0. The Morgan fingerprint density at radius 2 is 1.20 bits per heavy atom. The van der Waals surface area contributed by atoms with Crippen molar-refractivity contribution < 1.29 is 77.9 Å². The lowest BCUT2D eigenvalue weighted by atomic mass is 9.33. The third-order valence-corrected chi connectivity index (χ3v) is 19.4. The summed E-state index contributed by atoms with van der Waals surface area (Å²) in [5, 5.41) is 56.0. The molecule has 16 nitrogen and oxygen atoms in total. The van der Waals surface area contributed by atoms with Gasteiger partial charge in [-0.1, -0.05) is 87.1 Å². The Kier molecular flexibility index (Phi) is 16.6. The maximum Gasteiger partial charge on any atom is 0.338 e. The number of ether oxygens (including phenoxy) is 7. The Labute approximate surface area is 415 Å². The van der Waals surface area contributed by atoms with Gasteiger partial charge in [0.15, 0.2) is 30.6 Å². The fraction of sp³-hybridized carbons (Fsp3) is 0.889. The van der Waals surface area contributed by atoms with Crippen molar-refractivity contribution in [2.45, 2.75) is 233 Å². The first kappa shape index (κ1) is 55.2. The molecule has 0 aromatic rings. The molecule has 5 aliphatic carbocycles. The van der Waals surface area contributed by atoms with Crippen molar-refractivity contribution in [3.63, 3.8) is 0 Å². The second kappa shape index (κ2) is 21.0. The minimum atomic E-state index is -1.93. The smallest absolute Gasteiger partial charge is 0.338 e. The fourth-order valence-electron chi connectivity index (χ4n) is 14.6. The monoisotopic (exact) mass is 991 g/mol. The standard InChI is InChI=1S/C54H86O16/c1-11-14-25-64-44(61)40-36(57)35(56)39(60)46(68-40)70-42-38(59)37(58)41(45(62)65-26-15-12-2)69-47(42)67-34-18-19-52(8)33(49(34,4)5)17-20-54(10)43(52)32(55)28-30-31-29-51(7,48(63)66-27-16-13-3)22-21-50(31,6)23-24-53(30,54)9/h28,31,33-43,46-47,56-60H,11-27,29H2,1-10H3/t31-,33+,34+,35+,36+,37+,38-,39-,40+,41+,42-,43-,46+,47+,50+,51-,52-,53+,54+/m0/s1. The first-order chi connectivity index (χ1) is 32.9. The van der Waals surface area contributed by atoms with Crippen molar-refractivity contribution in [2.24, 2.45) is 50.2 Å². The van der Waals surface area contributed by atoms with Gasteiger partial charge in [-0.25, -0.2) is 9.59 Å². The van der Waals surface area contributed by atoms with Crippen LogP contribution in [-0.2, 0) is 52.3 Å². The molecule has 19 atom stereocenters. The summed E-state index contributed by atoms with van der Waals surface area (Å²) in [5.41, 5.74) is -1.23. The number of esters is 3. The third-order valence-electron chi connectivity index (χ3n) is 19.4.